The topological polar surface area (TPSA) is 51.2 Å². The summed E-state index contributed by atoms with van der Waals surface area (Å²) in [5.74, 6) is 1.79. The van der Waals surface area contributed by atoms with Crippen molar-refractivity contribution >= 4 is 11.6 Å². The van der Waals surface area contributed by atoms with Crippen molar-refractivity contribution in [2.45, 2.75) is 13.0 Å². The number of ether oxygens (including phenoxy) is 3. The number of amides is 1. The Kier molecular flexibility index (Phi) is 6.06. The number of nitrogens with zero attached hydrogens (tertiary/aromatic N) is 2. The molecule has 144 valence electrons. The van der Waals surface area contributed by atoms with Crippen molar-refractivity contribution in [1.29, 1.82) is 0 Å². The zero-order valence-electron chi connectivity index (χ0n) is 16.1. The lowest BCUT2D eigenvalue weighted by Crippen LogP contribution is -2.52. The maximum atomic E-state index is 12.8. The zero-order valence-corrected chi connectivity index (χ0v) is 16.1. The van der Waals surface area contributed by atoms with Gasteiger partial charge < -0.3 is 24.0 Å². The molecular weight excluding hydrogens is 344 g/mol. The summed E-state index contributed by atoms with van der Waals surface area (Å²) in [6, 6.07) is 15.5. The summed E-state index contributed by atoms with van der Waals surface area (Å²) in [7, 11) is 3.17. The van der Waals surface area contributed by atoms with E-state index in [0.29, 0.717) is 30.3 Å². The van der Waals surface area contributed by atoms with Crippen LogP contribution >= 0.6 is 0 Å². The fraction of sp³-hybridized carbons (Fsp3) is 0.381. The molecule has 1 aliphatic heterocycles. The number of rotatable bonds is 6. The first-order chi connectivity index (χ1) is 13.1. The summed E-state index contributed by atoms with van der Waals surface area (Å²) in [4.78, 5) is 16.9. The van der Waals surface area contributed by atoms with Crippen LogP contribution in [0.25, 0.3) is 0 Å². The van der Waals surface area contributed by atoms with Gasteiger partial charge in [0.05, 0.1) is 14.2 Å². The Balaban J connectivity index is 1.58. The highest BCUT2D eigenvalue weighted by Crippen LogP contribution is 2.28. The average Bonchev–Trinajstić information content (AvgIpc) is 2.73. The van der Waals surface area contributed by atoms with E-state index >= 15 is 0 Å². The molecule has 0 saturated carbocycles. The molecule has 0 N–H and O–H groups in total. The second-order valence-corrected chi connectivity index (χ2v) is 6.46. The molecule has 3 rings (SSSR count). The van der Waals surface area contributed by atoms with E-state index in [9.17, 15) is 4.79 Å². The quantitative estimate of drug-likeness (QED) is 0.783. The number of carbonyl (C=O) groups excluding carboxylic acids is 1. The van der Waals surface area contributed by atoms with E-state index < -0.39 is 6.10 Å². The Morgan fingerprint density at radius 2 is 1.44 bits per heavy atom. The smallest absolute Gasteiger partial charge is 0.263 e. The molecule has 0 aliphatic carbocycles. The van der Waals surface area contributed by atoms with Crippen LogP contribution in [0, 0.1) is 0 Å². The molecule has 27 heavy (non-hydrogen) atoms. The van der Waals surface area contributed by atoms with Crippen LogP contribution in [0.3, 0.4) is 0 Å². The highest BCUT2D eigenvalue weighted by atomic mass is 16.5. The van der Waals surface area contributed by atoms with E-state index in [1.54, 1.807) is 39.3 Å². The molecule has 2 aromatic carbocycles. The molecule has 0 aromatic heterocycles. The summed E-state index contributed by atoms with van der Waals surface area (Å²) in [6.45, 7) is 4.77. The Labute approximate surface area is 160 Å². The largest absolute Gasteiger partial charge is 0.496 e. The van der Waals surface area contributed by atoms with Crippen molar-refractivity contribution in [3.63, 3.8) is 0 Å². The minimum atomic E-state index is -0.579. The van der Waals surface area contributed by atoms with Gasteiger partial charge in [-0.15, -0.1) is 0 Å². The van der Waals surface area contributed by atoms with Gasteiger partial charge in [-0.1, -0.05) is 18.2 Å². The summed E-state index contributed by atoms with van der Waals surface area (Å²) >= 11 is 0. The third-order valence-electron chi connectivity index (χ3n) is 4.70. The molecule has 1 saturated heterocycles. The van der Waals surface area contributed by atoms with Crippen molar-refractivity contribution in [3.8, 4) is 17.2 Å². The number of piperazine rings is 1. The molecule has 1 amide bonds. The zero-order chi connectivity index (χ0) is 19.2. The number of hydrogen-bond acceptors (Lipinski definition) is 5. The Bertz CT molecular complexity index is 736. The predicted octanol–water partition coefficient (Wildman–Crippen LogP) is 2.82. The van der Waals surface area contributed by atoms with Gasteiger partial charge in [-0.05, 0) is 19.1 Å². The maximum Gasteiger partial charge on any atom is 0.263 e. The second kappa shape index (κ2) is 8.66. The van der Waals surface area contributed by atoms with E-state index in [-0.39, 0.29) is 5.91 Å². The van der Waals surface area contributed by atoms with Crippen LogP contribution in [0.4, 0.5) is 5.69 Å². The van der Waals surface area contributed by atoms with Gasteiger partial charge in [-0.2, -0.15) is 0 Å². The van der Waals surface area contributed by atoms with Gasteiger partial charge in [0.25, 0.3) is 5.91 Å². The predicted molar refractivity (Wildman–Crippen MR) is 105 cm³/mol. The number of methoxy groups -OCH3 is 2. The highest BCUT2D eigenvalue weighted by molar-refractivity contribution is 5.81. The van der Waals surface area contributed by atoms with E-state index in [0.717, 1.165) is 13.1 Å². The number of hydrogen-bond donors (Lipinski definition) is 0. The third-order valence-corrected chi connectivity index (χ3v) is 4.70. The number of anilines is 1. The first-order valence-electron chi connectivity index (χ1n) is 9.09. The monoisotopic (exact) mass is 370 g/mol. The normalized spacial score (nSPS) is 15.2. The van der Waals surface area contributed by atoms with Crippen molar-refractivity contribution < 1.29 is 19.0 Å². The van der Waals surface area contributed by atoms with E-state index in [1.165, 1.54) is 5.69 Å². The SMILES string of the molecule is COc1cc(OC)cc(O[C@@H](C)C(=O)N2CCN(c3ccccc3)CC2)c1. The summed E-state index contributed by atoms with van der Waals surface area (Å²) in [5.41, 5.74) is 1.19. The standard InChI is InChI=1S/C21H26N2O4/c1-16(27-20-14-18(25-2)13-19(15-20)26-3)21(24)23-11-9-22(10-12-23)17-7-5-4-6-8-17/h4-8,13-16H,9-12H2,1-3H3/t16-/m0/s1. The summed E-state index contributed by atoms with van der Waals surface area (Å²) in [6.07, 6.45) is -0.579. The number of para-hydroxylation sites is 1. The molecule has 0 radical (unpaired) electrons. The van der Waals surface area contributed by atoms with Crippen LogP contribution in [0.2, 0.25) is 0 Å². The fourth-order valence-corrected chi connectivity index (χ4v) is 3.18. The van der Waals surface area contributed by atoms with Crippen LogP contribution < -0.4 is 19.1 Å². The molecule has 1 heterocycles. The van der Waals surface area contributed by atoms with Gasteiger partial charge in [0.1, 0.15) is 17.2 Å². The third kappa shape index (κ3) is 4.64. The molecule has 1 atom stereocenters. The lowest BCUT2D eigenvalue weighted by molar-refractivity contribution is -0.138. The van der Waals surface area contributed by atoms with Gasteiger partial charge in [0.2, 0.25) is 0 Å². The molecule has 0 spiro atoms. The van der Waals surface area contributed by atoms with E-state index in [2.05, 4.69) is 17.0 Å². The summed E-state index contributed by atoms with van der Waals surface area (Å²) in [5, 5.41) is 0. The van der Waals surface area contributed by atoms with Crippen LogP contribution in [-0.2, 0) is 4.79 Å². The molecule has 1 aliphatic rings. The molecule has 0 bridgehead atoms. The number of benzene rings is 2. The lowest BCUT2D eigenvalue weighted by Gasteiger charge is -2.37. The first kappa shape index (κ1) is 18.9. The molecule has 1 fully saturated rings. The van der Waals surface area contributed by atoms with Crippen molar-refractivity contribution in [2.24, 2.45) is 0 Å². The fourth-order valence-electron chi connectivity index (χ4n) is 3.18. The minimum absolute atomic E-state index is 0.00972. The lowest BCUT2D eigenvalue weighted by atomic mass is 10.2. The van der Waals surface area contributed by atoms with Crippen LogP contribution in [0.5, 0.6) is 17.2 Å². The molecule has 2 aromatic rings. The number of carbonyl (C=O) groups is 1. The molecule has 6 nitrogen and oxygen atoms in total. The second-order valence-electron chi connectivity index (χ2n) is 6.46. The van der Waals surface area contributed by atoms with Crippen LogP contribution in [0.15, 0.2) is 48.5 Å². The van der Waals surface area contributed by atoms with Gasteiger partial charge in [-0.25, -0.2) is 0 Å². The minimum Gasteiger partial charge on any atom is -0.496 e. The maximum absolute atomic E-state index is 12.8. The van der Waals surface area contributed by atoms with Crippen molar-refractivity contribution in [3.05, 3.63) is 48.5 Å². The highest BCUT2D eigenvalue weighted by Gasteiger charge is 2.26. The van der Waals surface area contributed by atoms with Crippen LogP contribution in [-0.4, -0.2) is 57.3 Å². The van der Waals surface area contributed by atoms with Crippen molar-refractivity contribution in [1.82, 2.24) is 4.90 Å². The molecular formula is C21H26N2O4. The average molecular weight is 370 g/mol. The molecule has 0 unspecified atom stereocenters. The van der Waals surface area contributed by atoms with Gasteiger partial charge in [0, 0.05) is 50.1 Å². The van der Waals surface area contributed by atoms with E-state index in [1.807, 2.05) is 23.1 Å². The van der Waals surface area contributed by atoms with Gasteiger partial charge in [-0.3, -0.25) is 4.79 Å². The van der Waals surface area contributed by atoms with Crippen molar-refractivity contribution in [2.75, 3.05) is 45.3 Å². The Hall–Kier alpha value is -2.89. The van der Waals surface area contributed by atoms with E-state index in [4.69, 9.17) is 14.2 Å². The first-order valence-corrected chi connectivity index (χ1v) is 9.09. The van der Waals surface area contributed by atoms with Gasteiger partial charge >= 0.3 is 0 Å². The van der Waals surface area contributed by atoms with Gasteiger partial charge in [0.15, 0.2) is 6.10 Å². The Morgan fingerprint density at radius 3 is 2.00 bits per heavy atom. The summed E-state index contributed by atoms with van der Waals surface area (Å²) < 4.78 is 16.4. The molecule has 6 heteroatoms. The Morgan fingerprint density at radius 1 is 0.889 bits per heavy atom. The van der Waals surface area contributed by atoms with Crippen LogP contribution in [0.1, 0.15) is 6.92 Å².